The molecule has 3 aliphatic rings. The quantitative estimate of drug-likeness (QED) is 0.787. The first kappa shape index (κ1) is 12.9. The van der Waals surface area contributed by atoms with Crippen LogP contribution in [-0.2, 0) is 4.74 Å². The highest BCUT2D eigenvalue weighted by atomic mass is 16.5. The Kier molecular flexibility index (Phi) is 3.22. The molecule has 106 valence electrons. The Morgan fingerprint density at radius 2 is 2.32 bits per heavy atom. The summed E-state index contributed by atoms with van der Waals surface area (Å²) in [4.78, 5) is 16.4. The second-order valence-electron chi connectivity index (χ2n) is 5.67. The van der Waals surface area contributed by atoms with Crippen LogP contribution in [0, 0.1) is 5.41 Å². The van der Waals surface area contributed by atoms with Crippen LogP contribution in [0.1, 0.15) is 25.7 Å². The lowest BCUT2D eigenvalue weighted by Crippen LogP contribution is -2.59. The third-order valence-corrected chi connectivity index (χ3v) is 4.86. The number of rotatable bonds is 3. The van der Waals surface area contributed by atoms with Gasteiger partial charge in [0.1, 0.15) is 11.4 Å². The molecule has 2 unspecified atom stereocenters. The van der Waals surface area contributed by atoms with Crippen LogP contribution in [0.15, 0.2) is 0 Å². The normalized spacial score (nSPS) is 35.0. The average molecular weight is 266 g/mol. The molecular weight excluding hydrogens is 244 g/mol. The summed E-state index contributed by atoms with van der Waals surface area (Å²) in [5, 5.41) is 11.0. The summed E-state index contributed by atoms with van der Waals surface area (Å²) in [6.45, 7) is 3.18. The highest BCUT2D eigenvalue weighted by Crippen LogP contribution is 2.41. The number of hydrogen-bond acceptors (Lipinski definition) is 4. The minimum absolute atomic E-state index is 0.130. The highest BCUT2D eigenvalue weighted by Gasteiger charge is 2.59. The molecule has 6 heteroatoms. The molecule has 0 bridgehead atoms. The molecule has 0 radical (unpaired) electrons. The van der Waals surface area contributed by atoms with Gasteiger partial charge in [-0.05, 0) is 25.8 Å². The molecule has 3 aliphatic heterocycles. The first-order valence-electron chi connectivity index (χ1n) is 7.11. The summed E-state index contributed by atoms with van der Waals surface area (Å²) < 4.78 is 5.12. The van der Waals surface area contributed by atoms with Gasteiger partial charge in [0, 0.05) is 26.2 Å². The van der Waals surface area contributed by atoms with Gasteiger partial charge < -0.3 is 9.64 Å². The van der Waals surface area contributed by atoms with Crippen molar-refractivity contribution >= 4 is 11.9 Å². The third kappa shape index (κ3) is 1.77. The number of amides is 2. The number of nitrogens with one attached hydrogen (secondary N) is 2. The van der Waals surface area contributed by atoms with Gasteiger partial charge in [0.25, 0.3) is 0 Å². The van der Waals surface area contributed by atoms with E-state index in [1.807, 2.05) is 4.90 Å². The number of methoxy groups -OCH3 is 1. The summed E-state index contributed by atoms with van der Waals surface area (Å²) in [6, 6.07) is 0.180. The monoisotopic (exact) mass is 266 g/mol. The Balaban J connectivity index is 1.90. The summed E-state index contributed by atoms with van der Waals surface area (Å²) >= 11 is 0. The van der Waals surface area contributed by atoms with Crippen molar-refractivity contribution in [3.63, 3.8) is 0 Å². The zero-order chi connectivity index (χ0) is 13.5. The number of amidine groups is 1. The van der Waals surface area contributed by atoms with E-state index in [2.05, 4.69) is 10.2 Å². The number of urea groups is 1. The van der Waals surface area contributed by atoms with E-state index in [1.54, 1.807) is 7.11 Å². The van der Waals surface area contributed by atoms with E-state index in [9.17, 15) is 4.79 Å². The lowest BCUT2D eigenvalue weighted by atomic mass is 9.84. The molecule has 0 aromatic carbocycles. The molecular formula is C13H22N4O2. The number of hydrogen-bond donors (Lipinski definition) is 2. The minimum Gasteiger partial charge on any atom is -0.383 e. The maximum absolute atomic E-state index is 12.1. The summed E-state index contributed by atoms with van der Waals surface area (Å²) in [5.74, 6) is 0.392. The minimum atomic E-state index is -0.421. The number of ether oxygens (including phenoxy) is 1. The van der Waals surface area contributed by atoms with E-state index in [-0.39, 0.29) is 6.03 Å². The van der Waals surface area contributed by atoms with Crippen molar-refractivity contribution in [2.75, 3.05) is 33.4 Å². The van der Waals surface area contributed by atoms with Crippen molar-refractivity contribution in [3.05, 3.63) is 0 Å². The Hall–Kier alpha value is -1.14. The number of fused-ring (bicyclic) bond motifs is 2. The van der Waals surface area contributed by atoms with Crippen molar-refractivity contribution in [2.24, 2.45) is 0 Å². The molecule has 0 aromatic rings. The molecule has 0 aromatic heterocycles. The second-order valence-corrected chi connectivity index (χ2v) is 5.67. The average Bonchev–Trinajstić information content (AvgIpc) is 2.90. The van der Waals surface area contributed by atoms with Gasteiger partial charge in [-0.25, -0.2) is 4.79 Å². The van der Waals surface area contributed by atoms with Crippen LogP contribution in [0.4, 0.5) is 4.79 Å². The van der Waals surface area contributed by atoms with E-state index in [4.69, 9.17) is 10.1 Å². The van der Waals surface area contributed by atoms with E-state index < -0.39 is 5.54 Å². The standard InChI is InChI=1S/C13H22N4O2/c1-19-9-8-17-12(18)15-11(14)13(17)5-7-16-6-3-2-4-10(13)16/h10H,2-9H2,1H3,(H2,14,15,18). The Labute approximate surface area is 113 Å². The van der Waals surface area contributed by atoms with Crippen molar-refractivity contribution < 1.29 is 9.53 Å². The lowest BCUT2D eigenvalue weighted by molar-refractivity contribution is 0.0871. The fourth-order valence-corrected chi connectivity index (χ4v) is 3.97. The van der Waals surface area contributed by atoms with Gasteiger partial charge in [0.05, 0.1) is 6.61 Å². The topological polar surface area (TPSA) is 68.7 Å². The first-order chi connectivity index (χ1) is 9.20. The van der Waals surface area contributed by atoms with Crippen molar-refractivity contribution in [1.82, 2.24) is 15.1 Å². The van der Waals surface area contributed by atoms with Crippen LogP contribution >= 0.6 is 0 Å². The molecule has 2 amide bonds. The van der Waals surface area contributed by atoms with Crippen LogP contribution in [0.25, 0.3) is 0 Å². The number of carbonyl (C=O) groups is 1. The number of carbonyl (C=O) groups excluding carboxylic acids is 1. The number of nitrogens with zero attached hydrogens (tertiary/aromatic N) is 2. The zero-order valence-electron chi connectivity index (χ0n) is 11.4. The molecule has 1 spiro atoms. The van der Waals surface area contributed by atoms with Crippen LogP contribution in [0.3, 0.4) is 0 Å². The largest absolute Gasteiger partial charge is 0.383 e. The van der Waals surface area contributed by atoms with Crippen LogP contribution < -0.4 is 5.32 Å². The molecule has 6 nitrogen and oxygen atoms in total. The predicted octanol–water partition coefficient (Wildman–Crippen LogP) is 0.632. The summed E-state index contributed by atoms with van der Waals surface area (Å²) in [5.41, 5.74) is -0.421. The lowest BCUT2D eigenvalue weighted by Gasteiger charge is -2.42. The molecule has 2 N–H and O–H groups in total. The molecule has 2 atom stereocenters. The fourth-order valence-electron chi connectivity index (χ4n) is 3.97. The Bertz CT molecular complexity index is 400. The molecule has 3 heterocycles. The van der Waals surface area contributed by atoms with Gasteiger partial charge in [0.15, 0.2) is 0 Å². The van der Waals surface area contributed by atoms with Gasteiger partial charge in [-0.3, -0.25) is 15.6 Å². The maximum Gasteiger partial charge on any atom is 0.323 e. The molecule has 19 heavy (non-hydrogen) atoms. The van der Waals surface area contributed by atoms with Gasteiger partial charge >= 0.3 is 6.03 Å². The third-order valence-electron chi connectivity index (χ3n) is 4.86. The van der Waals surface area contributed by atoms with Crippen LogP contribution in [0.2, 0.25) is 0 Å². The summed E-state index contributed by atoms with van der Waals surface area (Å²) in [7, 11) is 1.65. The van der Waals surface area contributed by atoms with E-state index in [0.29, 0.717) is 25.0 Å². The zero-order valence-corrected chi connectivity index (χ0v) is 11.4. The van der Waals surface area contributed by atoms with Crippen LogP contribution in [0.5, 0.6) is 0 Å². The molecule has 0 saturated carbocycles. The van der Waals surface area contributed by atoms with Gasteiger partial charge in [0.2, 0.25) is 0 Å². The van der Waals surface area contributed by atoms with E-state index in [0.717, 1.165) is 25.9 Å². The Morgan fingerprint density at radius 1 is 1.47 bits per heavy atom. The van der Waals surface area contributed by atoms with Crippen molar-refractivity contribution in [2.45, 2.75) is 37.3 Å². The summed E-state index contributed by atoms with van der Waals surface area (Å²) in [6.07, 6.45) is 4.39. The van der Waals surface area contributed by atoms with E-state index in [1.165, 1.54) is 12.8 Å². The fraction of sp³-hybridized carbons (Fsp3) is 0.846. The second kappa shape index (κ2) is 4.76. The number of piperidine rings is 1. The van der Waals surface area contributed by atoms with Crippen molar-refractivity contribution in [1.29, 1.82) is 5.41 Å². The smallest absolute Gasteiger partial charge is 0.323 e. The molecule has 3 fully saturated rings. The van der Waals surface area contributed by atoms with Gasteiger partial charge in [-0.2, -0.15) is 0 Å². The SMILES string of the molecule is COCCN1C(=O)NC(=N)C12CCN1CCCCC12. The van der Waals surface area contributed by atoms with Crippen molar-refractivity contribution in [3.8, 4) is 0 Å². The van der Waals surface area contributed by atoms with Gasteiger partial charge in [-0.1, -0.05) is 6.42 Å². The highest BCUT2D eigenvalue weighted by molar-refractivity contribution is 6.09. The Morgan fingerprint density at radius 3 is 3.11 bits per heavy atom. The molecule has 3 saturated heterocycles. The van der Waals surface area contributed by atoms with Crippen LogP contribution in [-0.4, -0.2) is 66.6 Å². The predicted molar refractivity (Wildman–Crippen MR) is 71.4 cm³/mol. The molecule has 0 aliphatic carbocycles. The van der Waals surface area contributed by atoms with E-state index >= 15 is 0 Å². The first-order valence-corrected chi connectivity index (χ1v) is 7.11. The maximum atomic E-state index is 12.1. The molecule has 3 rings (SSSR count). The van der Waals surface area contributed by atoms with Gasteiger partial charge in [-0.15, -0.1) is 0 Å².